The van der Waals surface area contributed by atoms with Gasteiger partial charge in [0.05, 0.1) is 10.4 Å². The zero-order valence-corrected chi connectivity index (χ0v) is 16.9. The van der Waals surface area contributed by atoms with Crippen molar-refractivity contribution in [2.45, 2.75) is 38.6 Å². The molecule has 0 aliphatic carbocycles. The Morgan fingerprint density at radius 2 is 1.74 bits per heavy atom. The van der Waals surface area contributed by atoms with Crippen LogP contribution < -0.4 is 10.0 Å². The summed E-state index contributed by atoms with van der Waals surface area (Å²) in [6.07, 6.45) is 1.77. The highest BCUT2D eigenvalue weighted by molar-refractivity contribution is 7.89. The Balaban J connectivity index is 1.70. The number of pyridine rings is 1. The quantitative estimate of drug-likeness (QED) is 0.676. The van der Waals surface area contributed by atoms with Crippen LogP contribution in [0.5, 0.6) is 0 Å². The van der Waals surface area contributed by atoms with Crippen LogP contribution in [0.3, 0.4) is 0 Å². The van der Waals surface area contributed by atoms with Crippen LogP contribution in [0.4, 0.5) is 5.69 Å². The number of hydrogen-bond acceptors (Lipinski definition) is 4. The van der Waals surface area contributed by atoms with Crippen molar-refractivity contribution in [3.8, 4) is 0 Å². The number of nitrogens with zero attached hydrogens (tertiary/aromatic N) is 1. The lowest BCUT2D eigenvalue weighted by atomic mass is 10.1. The van der Waals surface area contributed by atoms with Gasteiger partial charge in [-0.15, -0.1) is 0 Å². The SMILES string of the molecule is Cc1cc(C)c(S(=O)(=O)N[C@@H](C)CNc2ccc3ncccc3c2)c(C)c1. The molecule has 1 heterocycles. The minimum atomic E-state index is -3.58. The molecule has 0 saturated carbocycles. The second kappa shape index (κ2) is 7.66. The average molecular weight is 384 g/mol. The first-order valence-electron chi connectivity index (χ1n) is 8.95. The maximum absolute atomic E-state index is 12.8. The van der Waals surface area contributed by atoms with E-state index in [1.165, 1.54) is 0 Å². The highest BCUT2D eigenvalue weighted by Crippen LogP contribution is 2.22. The normalized spacial score (nSPS) is 12.9. The third-order valence-corrected chi connectivity index (χ3v) is 6.34. The summed E-state index contributed by atoms with van der Waals surface area (Å²) < 4.78 is 28.4. The summed E-state index contributed by atoms with van der Waals surface area (Å²) in [6.45, 7) is 7.97. The third kappa shape index (κ3) is 4.46. The fourth-order valence-corrected chi connectivity index (χ4v) is 5.11. The molecule has 0 bridgehead atoms. The first-order chi connectivity index (χ1) is 12.8. The molecule has 3 aromatic rings. The number of rotatable bonds is 6. The summed E-state index contributed by atoms with van der Waals surface area (Å²) in [5, 5.41) is 4.34. The molecule has 0 unspecified atom stereocenters. The largest absolute Gasteiger partial charge is 0.383 e. The Morgan fingerprint density at radius 3 is 2.44 bits per heavy atom. The molecule has 1 atom stereocenters. The Kier molecular flexibility index (Phi) is 5.48. The molecule has 6 heteroatoms. The van der Waals surface area contributed by atoms with Crippen LogP contribution in [0.1, 0.15) is 23.6 Å². The van der Waals surface area contributed by atoms with Crippen molar-refractivity contribution >= 4 is 26.6 Å². The van der Waals surface area contributed by atoms with Gasteiger partial charge in [-0.1, -0.05) is 23.8 Å². The molecule has 0 aliphatic rings. The van der Waals surface area contributed by atoms with Gasteiger partial charge in [-0.05, 0) is 63.1 Å². The number of aryl methyl sites for hydroxylation is 3. The minimum Gasteiger partial charge on any atom is -0.383 e. The van der Waals surface area contributed by atoms with E-state index in [9.17, 15) is 8.42 Å². The molecule has 3 rings (SSSR count). The Hall–Kier alpha value is -2.44. The van der Waals surface area contributed by atoms with Gasteiger partial charge in [-0.3, -0.25) is 4.98 Å². The van der Waals surface area contributed by atoms with E-state index in [-0.39, 0.29) is 6.04 Å². The first kappa shape index (κ1) is 19.3. The lowest BCUT2D eigenvalue weighted by Crippen LogP contribution is -2.38. The highest BCUT2D eigenvalue weighted by Gasteiger charge is 2.22. The lowest BCUT2D eigenvalue weighted by molar-refractivity contribution is 0.564. The van der Waals surface area contributed by atoms with E-state index >= 15 is 0 Å². The van der Waals surface area contributed by atoms with Gasteiger partial charge in [-0.2, -0.15) is 0 Å². The van der Waals surface area contributed by atoms with Crippen molar-refractivity contribution in [1.29, 1.82) is 0 Å². The number of sulfonamides is 1. The molecular weight excluding hydrogens is 358 g/mol. The molecule has 0 saturated heterocycles. The van der Waals surface area contributed by atoms with Crippen molar-refractivity contribution in [3.63, 3.8) is 0 Å². The molecule has 0 aliphatic heterocycles. The average Bonchev–Trinajstić information content (AvgIpc) is 2.58. The van der Waals surface area contributed by atoms with E-state index < -0.39 is 10.0 Å². The van der Waals surface area contributed by atoms with Crippen LogP contribution >= 0.6 is 0 Å². The van der Waals surface area contributed by atoms with E-state index in [2.05, 4.69) is 15.0 Å². The summed E-state index contributed by atoms with van der Waals surface area (Å²) in [4.78, 5) is 4.67. The summed E-state index contributed by atoms with van der Waals surface area (Å²) in [6, 6.07) is 13.3. The molecule has 142 valence electrons. The number of hydrogen-bond donors (Lipinski definition) is 2. The molecule has 27 heavy (non-hydrogen) atoms. The molecular formula is C21H25N3O2S. The Bertz CT molecular complexity index is 1050. The summed E-state index contributed by atoms with van der Waals surface area (Å²) >= 11 is 0. The summed E-state index contributed by atoms with van der Waals surface area (Å²) in [5.41, 5.74) is 4.46. The third-order valence-electron chi connectivity index (χ3n) is 4.45. The predicted molar refractivity (Wildman–Crippen MR) is 111 cm³/mol. The van der Waals surface area contributed by atoms with Crippen molar-refractivity contribution in [2.75, 3.05) is 11.9 Å². The van der Waals surface area contributed by atoms with Gasteiger partial charge in [0, 0.05) is 29.9 Å². The minimum absolute atomic E-state index is 0.264. The van der Waals surface area contributed by atoms with Gasteiger partial charge in [-0.25, -0.2) is 13.1 Å². The van der Waals surface area contributed by atoms with Crippen LogP contribution in [0.2, 0.25) is 0 Å². The lowest BCUT2D eigenvalue weighted by Gasteiger charge is -2.18. The van der Waals surface area contributed by atoms with Crippen molar-refractivity contribution < 1.29 is 8.42 Å². The van der Waals surface area contributed by atoms with Crippen LogP contribution in [0, 0.1) is 20.8 Å². The van der Waals surface area contributed by atoms with Crippen molar-refractivity contribution in [1.82, 2.24) is 9.71 Å². The number of benzene rings is 2. The number of nitrogens with one attached hydrogen (secondary N) is 2. The maximum Gasteiger partial charge on any atom is 0.241 e. The van der Waals surface area contributed by atoms with Gasteiger partial charge < -0.3 is 5.32 Å². The molecule has 5 nitrogen and oxygen atoms in total. The molecule has 0 fully saturated rings. The number of anilines is 1. The van der Waals surface area contributed by atoms with Crippen LogP contribution in [-0.4, -0.2) is 26.0 Å². The van der Waals surface area contributed by atoms with E-state index in [1.807, 2.05) is 70.2 Å². The van der Waals surface area contributed by atoms with E-state index in [4.69, 9.17) is 0 Å². The number of fused-ring (bicyclic) bond motifs is 1. The predicted octanol–water partition coefficient (Wildman–Crippen LogP) is 3.94. The maximum atomic E-state index is 12.8. The van der Waals surface area contributed by atoms with E-state index in [1.54, 1.807) is 6.20 Å². The fraction of sp³-hybridized carbons (Fsp3) is 0.286. The van der Waals surface area contributed by atoms with Gasteiger partial charge >= 0.3 is 0 Å². The number of aromatic nitrogens is 1. The van der Waals surface area contributed by atoms with Crippen molar-refractivity contribution in [2.24, 2.45) is 0 Å². The van der Waals surface area contributed by atoms with Gasteiger partial charge in [0.25, 0.3) is 0 Å². The second-order valence-electron chi connectivity index (χ2n) is 7.04. The highest BCUT2D eigenvalue weighted by atomic mass is 32.2. The van der Waals surface area contributed by atoms with E-state index in [0.717, 1.165) is 33.3 Å². The molecule has 0 radical (unpaired) electrons. The topological polar surface area (TPSA) is 71.1 Å². The molecule has 0 spiro atoms. The van der Waals surface area contributed by atoms with Crippen LogP contribution in [-0.2, 0) is 10.0 Å². The van der Waals surface area contributed by atoms with Gasteiger partial charge in [0.1, 0.15) is 0 Å². The summed E-state index contributed by atoms with van der Waals surface area (Å²) in [7, 11) is -3.58. The second-order valence-corrected chi connectivity index (χ2v) is 8.69. The zero-order valence-electron chi connectivity index (χ0n) is 16.1. The van der Waals surface area contributed by atoms with Gasteiger partial charge in [0.15, 0.2) is 0 Å². The summed E-state index contributed by atoms with van der Waals surface area (Å²) in [5.74, 6) is 0. The molecule has 2 N–H and O–H groups in total. The van der Waals surface area contributed by atoms with Gasteiger partial charge in [0.2, 0.25) is 10.0 Å². The standard InChI is InChI=1S/C21H25N3O2S/c1-14-10-15(2)21(16(3)11-14)27(25,26)24-17(4)13-23-19-7-8-20-18(12-19)6-5-9-22-20/h5-12,17,23-24H,13H2,1-4H3/t17-/m0/s1. The smallest absolute Gasteiger partial charge is 0.241 e. The van der Waals surface area contributed by atoms with Crippen molar-refractivity contribution in [3.05, 3.63) is 65.4 Å². The Labute approximate surface area is 160 Å². The molecule has 0 amide bonds. The Morgan fingerprint density at radius 1 is 1.04 bits per heavy atom. The fourth-order valence-electron chi connectivity index (χ4n) is 3.41. The molecule has 1 aromatic heterocycles. The van der Waals surface area contributed by atoms with E-state index in [0.29, 0.717) is 11.4 Å². The monoisotopic (exact) mass is 383 g/mol. The first-order valence-corrected chi connectivity index (χ1v) is 10.4. The van der Waals surface area contributed by atoms with Crippen LogP contribution in [0.25, 0.3) is 10.9 Å². The zero-order chi connectivity index (χ0) is 19.6. The molecule has 2 aromatic carbocycles. The van der Waals surface area contributed by atoms with Crippen LogP contribution in [0.15, 0.2) is 53.6 Å².